The second-order valence-corrected chi connectivity index (χ2v) is 7.53. The fraction of sp³-hybridized carbons (Fsp3) is 0.318. The summed E-state index contributed by atoms with van der Waals surface area (Å²) >= 11 is 0. The number of rotatable bonds is 7. The van der Waals surface area contributed by atoms with Crippen molar-refractivity contribution in [1.29, 1.82) is 0 Å². The lowest BCUT2D eigenvalue weighted by molar-refractivity contribution is -0.144. The van der Waals surface area contributed by atoms with E-state index in [0.717, 1.165) is 4.90 Å². The van der Waals surface area contributed by atoms with Gasteiger partial charge in [0.1, 0.15) is 11.7 Å². The molecule has 1 unspecified atom stereocenters. The van der Waals surface area contributed by atoms with Gasteiger partial charge in [-0.3, -0.25) is 24.1 Å². The average Bonchev–Trinajstić information content (AvgIpc) is 2.75. The number of ketones is 1. The highest BCUT2D eigenvalue weighted by Crippen LogP contribution is 2.19. The van der Waals surface area contributed by atoms with E-state index in [0.29, 0.717) is 17.8 Å². The smallest absolute Gasteiger partial charge is 0.302 e. The van der Waals surface area contributed by atoms with Crippen LogP contribution in [0.1, 0.15) is 12.5 Å². The summed E-state index contributed by atoms with van der Waals surface area (Å²) in [6.07, 6.45) is 4.42. The van der Waals surface area contributed by atoms with Gasteiger partial charge in [0.05, 0.1) is 6.54 Å². The van der Waals surface area contributed by atoms with Gasteiger partial charge in [-0.15, -0.1) is 0 Å². The third-order valence-electron chi connectivity index (χ3n) is 4.87. The molecular weight excluding hydrogens is 417 g/mol. The van der Waals surface area contributed by atoms with E-state index in [9.17, 15) is 23.6 Å². The summed E-state index contributed by atoms with van der Waals surface area (Å²) in [5.74, 6) is -3.02. The minimum absolute atomic E-state index is 0.0509. The average molecular weight is 441 g/mol. The van der Waals surface area contributed by atoms with Crippen LogP contribution in [0.5, 0.6) is 0 Å². The van der Waals surface area contributed by atoms with Gasteiger partial charge in [0.2, 0.25) is 5.91 Å². The standard InChI is InChI=1S/C22H24FN5O4/c1-4-27(18(29)13-26(2)3)16-9-10-28-17(11-16)25-19(20(30)22(28)32)21(31)24-12-14-5-7-15(23)8-6-14/h5-11,19H,4,12-13H2,1-3H3,(H,24,31). The molecule has 168 valence electrons. The molecule has 1 N–H and O–H groups in total. The van der Waals surface area contributed by atoms with Crippen molar-refractivity contribution in [3.63, 3.8) is 0 Å². The van der Waals surface area contributed by atoms with Gasteiger partial charge < -0.3 is 15.1 Å². The molecule has 1 atom stereocenters. The van der Waals surface area contributed by atoms with Crippen LogP contribution in [-0.4, -0.2) is 77.3 Å². The zero-order valence-corrected chi connectivity index (χ0v) is 18.0. The van der Waals surface area contributed by atoms with Crippen molar-refractivity contribution in [1.82, 2.24) is 20.0 Å². The molecule has 1 aromatic carbocycles. The molecule has 32 heavy (non-hydrogen) atoms. The molecule has 0 radical (unpaired) electrons. The predicted octanol–water partition coefficient (Wildman–Crippen LogP) is 0.442. The Labute approximate surface area is 184 Å². The molecule has 10 heteroatoms. The largest absolute Gasteiger partial charge is 0.350 e. The maximum atomic E-state index is 13.0. The number of fused-ring (bicyclic) bond motifs is 1. The van der Waals surface area contributed by atoms with Crippen molar-refractivity contribution in [2.75, 3.05) is 27.2 Å². The van der Waals surface area contributed by atoms with E-state index >= 15 is 0 Å². The molecule has 2 aliphatic heterocycles. The highest BCUT2D eigenvalue weighted by atomic mass is 19.1. The highest BCUT2D eigenvalue weighted by Gasteiger charge is 2.40. The van der Waals surface area contributed by atoms with Gasteiger partial charge in [0, 0.05) is 31.1 Å². The number of carbonyl (C=O) groups is 4. The Bertz CT molecular complexity index is 1030. The number of halogens is 1. The van der Waals surface area contributed by atoms with Crippen molar-refractivity contribution in [3.05, 3.63) is 59.7 Å². The summed E-state index contributed by atoms with van der Waals surface area (Å²) in [7, 11) is 3.56. The first-order valence-corrected chi connectivity index (χ1v) is 10.0. The van der Waals surface area contributed by atoms with Crippen molar-refractivity contribution in [2.24, 2.45) is 4.99 Å². The van der Waals surface area contributed by atoms with E-state index < -0.39 is 29.5 Å². The molecule has 9 nitrogen and oxygen atoms in total. The number of carbonyl (C=O) groups excluding carboxylic acids is 4. The van der Waals surface area contributed by atoms with Crippen LogP contribution in [0.15, 0.2) is 53.3 Å². The molecule has 1 aromatic rings. The third kappa shape index (κ3) is 4.97. The number of amides is 3. The van der Waals surface area contributed by atoms with E-state index in [4.69, 9.17) is 0 Å². The Balaban J connectivity index is 1.80. The molecule has 0 saturated carbocycles. The second kappa shape index (κ2) is 9.65. The Hall–Kier alpha value is -3.66. The number of benzene rings is 1. The third-order valence-corrected chi connectivity index (χ3v) is 4.87. The zero-order valence-electron chi connectivity index (χ0n) is 18.0. The number of Topliss-reactive ketones (excluding diaryl/α,β-unsaturated/α-hetero) is 1. The van der Waals surface area contributed by atoms with Gasteiger partial charge >= 0.3 is 5.91 Å². The summed E-state index contributed by atoms with van der Waals surface area (Å²) in [6, 6.07) is 3.98. The number of nitrogens with one attached hydrogen (secondary N) is 1. The number of allylic oxidation sites excluding steroid dienone is 1. The summed E-state index contributed by atoms with van der Waals surface area (Å²) < 4.78 is 13.0. The van der Waals surface area contributed by atoms with Crippen LogP contribution in [-0.2, 0) is 25.7 Å². The molecule has 3 amide bonds. The highest BCUT2D eigenvalue weighted by molar-refractivity contribution is 6.47. The van der Waals surface area contributed by atoms with E-state index in [1.54, 1.807) is 25.1 Å². The minimum Gasteiger partial charge on any atom is -0.350 e. The number of aliphatic imine (C=N–C) groups is 1. The molecular formula is C22H24FN5O4. The molecule has 0 bridgehead atoms. The number of nitrogens with zero attached hydrogens (tertiary/aromatic N) is 4. The number of hydrogen-bond acceptors (Lipinski definition) is 6. The van der Waals surface area contributed by atoms with E-state index in [2.05, 4.69) is 10.3 Å². The van der Waals surface area contributed by atoms with Gasteiger partial charge in [0.25, 0.3) is 11.7 Å². The maximum Gasteiger partial charge on any atom is 0.302 e. The molecule has 0 aliphatic carbocycles. The van der Waals surface area contributed by atoms with Gasteiger partial charge in [0.15, 0.2) is 6.04 Å². The molecule has 3 rings (SSSR count). The van der Waals surface area contributed by atoms with Crippen LogP contribution in [0.2, 0.25) is 0 Å². The molecule has 0 aromatic heterocycles. The number of hydrogen-bond donors (Lipinski definition) is 1. The normalized spacial score (nSPS) is 17.7. The Morgan fingerprint density at radius 1 is 1.19 bits per heavy atom. The van der Waals surface area contributed by atoms with Crippen LogP contribution >= 0.6 is 0 Å². The second-order valence-electron chi connectivity index (χ2n) is 7.53. The summed E-state index contributed by atoms with van der Waals surface area (Å²) in [5.41, 5.74) is 1.13. The van der Waals surface area contributed by atoms with Crippen LogP contribution in [0.4, 0.5) is 4.39 Å². The number of amidine groups is 1. The van der Waals surface area contributed by atoms with Crippen LogP contribution < -0.4 is 5.32 Å². The summed E-state index contributed by atoms with van der Waals surface area (Å²) in [6.45, 7) is 2.46. The topological polar surface area (TPSA) is 102 Å². The van der Waals surface area contributed by atoms with Gasteiger partial charge in [-0.1, -0.05) is 12.1 Å². The van der Waals surface area contributed by atoms with Crippen LogP contribution in [0.3, 0.4) is 0 Å². The molecule has 2 aliphatic rings. The Morgan fingerprint density at radius 3 is 2.50 bits per heavy atom. The molecule has 2 heterocycles. The van der Waals surface area contributed by atoms with E-state index in [1.807, 2.05) is 6.92 Å². The first-order valence-electron chi connectivity index (χ1n) is 10.0. The van der Waals surface area contributed by atoms with Crippen molar-refractivity contribution >= 4 is 29.3 Å². The SMILES string of the molecule is CCN(C(=O)CN(C)C)C1=CC2=NC(C(=O)NCc3ccc(F)cc3)C(=O)C(=O)N2C=C1. The molecule has 0 fully saturated rings. The van der Waals surface area contributed by atoms with Crippen molar-refractivity contribution in [3.8, 4) is 0 Å². The summed E-state index contributed by atoms with van der Waals surface area (Å²) in [4.78, 5) is 58.6. The minimum atomic E-state index is -1.54. The Morgan fingerprint density at radius 2 is 1.88 bits per heavy atom. The molecule has 0 spiro atoms. The molecule has 0 saturated heterocycles. The van der Waals surface area contributed by atoms with Gasteiger partial charge in [-0.25, -0.2) is 9.38 Å². The van der Waals surface area contributed by atoms with E-state index in [-0.39, 0.29) is 24.8 Å². The first kappa shape index (κ1) is 23.0. The van der Waals surface area contributed by atoms with E-state index in [1.165, 1.54) is 41.4 Å². The summed E-state index contributed by atoms with van der Waals surface area (Å²) in [5, 5.41) is 2.55. The fourth-order valence-electron chi connectivity index (χ4n) is 3.27. The lowest BCUT2D eigenvalue weighted by atomic mass is 10.1. The van der Waals surface area contributed by atoms with Crippen LogP contribution in [0, 0.1) is 5.82 Å². The van der Waals surface area contributed by atoms with Crippen molar-refractivity contribution in [2.45, 2.75) is 19.5 Å². The van der Waals surface area contributed by atoms with Crippen molar-refractivity contribution < 1.29 is 23.6 Å². The first-order chi connectivity index (χ1) is 15.2. The maximum absolute atomic E-state index is 13.0. The van der Waals surface area contributed by atoms with Crippen LogP contribution in [0.25, 0.3) is 0 Å². The predicted molar refractivity (Wildman–Crippen MR) is 114 cm³/mol. The lowest BCUT2D eigenvalue weighted by Gasteiger charge is -2.31. The zero-order chi connectivity index (χ0) is 23.4. The van der Waals surface area contributed by atoms with Gasteiger partial charge in [-0.2, -0.15) is 0 Å². The lowest BCUT2D eigenvalue weighted by Crippen LogP contribution is -2.52. The van der Waals surface area contributed by atoms with Gasteiger partial charge in [-0.05, 0) is 44.8 Å². The number of likely N-dealkylation sites (N-methyl/N-ethyl adjacent to an activating group) is 2. The quantitative estimate of drug-likeness (QED) is 0.489. The monoisotopic (exact) mass is 441 g/mol. The Kier molecular flexibility index (Phi) is 6.94. The fourth-order valence-corrected chi connectivity index (χ4v) is 3.27.